The number of imidazole rings is 1. The monoisotopic (exact) mass is 239 g/mol. The van der Waals surface area contributed by atoms with Crippen LogP contribution in [0.25, 0.3) is 11.2 Å². The Kier molecular flexibility index (Phi) is 3.99. The smallest absolute Gasteiger partial charge is 0.445 e. The summed E-state index contributed by atoms with van der Waals surface area (Å²) in [5.41, 5.74) is 0.00852. The number of halogens is 3. The first-order valence-corrected chi connectivity index (χ1v) is 3.95. The molecule has 3 nitrogen and oxygen atoms in total. The number of nitrogens with zero attached hydrogens (tertiary/aromatic N) is 3. The van der Waals surface area contributed by atoms with Crippen LogP contribution < -0.4 is 56.8 Å². The van der Waals surface area contributed by atoms with Crippen molar-refractivity contribution in [3.05, 3.63) is 18.6 Å². The minimum Gasteiger partial charge on any atom is -0.445 e. The van der Waals surface area contributed by atoms with Crippen LogP contribution in [-0.4, -0.2) is 21.5 Å². The normalized spacial score (nSPS) is 11.5. The number of aromatic nitrogens is 3. The Hall–Kier alpha value is 0.111. The molecule has 0 saturated carbocycles. The average Bonchev–Trinajstić information content (AvgIpc) is 2.46. The fourth-order valence-corrected chi connectivity index (χ4v) is 1.21. The van der Waals surface area contributed by atoms with Gasteiger partial charge < -0.3 is 17.5 Å². The maximum Gasteiger partial charge on any atom is 1.00 e. The van der Waals surface area contributed by atoms with Crippen LogP contribution in [0, 0.1) is 0 Å². The second-order valence-electron chi connectivity index (χ2n) is 3.04. The molecule has 0 unspecified atom stereocenters. The number of hydrogen-bond donors (Lipinski definition) is 0. The zero-order valence-corrected chi connectivity index (χ0v) is 11.4. The fraction of sp³-hybridized carbons (Fsp3) is 0.143. The summed E-state index contributed by atoms with van der Waals surface area (Å²) >= 11 is 0. The van der Waals surface area contributed by atoms with Crippen molar-refractivity contribution >= 4 is 23.6 Å². The second kappa shape index (κ2) is 4.54. The van der Waals surface area contributed by atoms with Crippen molar-refractivity contribution < 1.29 is 64.3 Å². The molecule has 0 aromatic carbocycles. The third-order valence-corrected chi connectivity index (χ3v) is 1.95. The Balaban J connectivity index is 0.00000112. The fourth-order valence-electron chi connectivity index (χ4n) is 1.21. The topological polar surface area (TPSA) is 30.7 Å². The molecule has 2 aromatic rings. The maximum atomic E-state index is 12.3. The zero-order chi connectivity index (χ0) is 10.3. The molecule has 2 rings (SSSR count). The van der Waals surface area contributed by atoms with Gasteiger partial charge in [-0.1, -0.05) is 11.5 Å². The molecule has 0 fully saturated rings. The molecule has 0 atom stereocenters. The first-order chi connectivity index (χ1) is 6.48. The molecule has 74 valence electrons. The summed E-state index contributed by atoms with van der Waals surface area (Å²) in [5.74, 6) is 0. The third-order valence-electron chi connectivity index (χ3n) is 1.95. The van der Waals surface area contributed by atoms with Crippen molar-refractivity contribution in [2.45, 2.75) is 0 Å². The summed E-state index contributed by atoms with van der Waals surface area (Å²) in [5, 5.41) is 0. The third kappa shape index (κ3) is 2.62. The first-order valence-electron chi connectivity index (χ1n) is 3.95. The minimum absolute atomic E-state index is 0. The van der Waals surface area contributed by atoms with Crippen molar-refractivity contribution in [2.24, 2.45) is 7.05 Å². The van der Waals surface area contributed by atoms with Gasteiger partial charge in [0, 0.05) is 13.2 Å². The van der Waals surface area contributed by atoms with Gasteiger partial charge in [-0.15, -0.1) is 0 Å². The SMILES string of the molecule is Cn1cnc2cc([B-](F)(F)F)cnc21.[K+]. The summed E-state index contributed by atoms with van der Waals surface area (Å²) in [4.78, 5) is 7.51. The van der Waals surface area contributed by atoms with E-state index in [9.17, 15) is 12.9 Å². The van der Waals surface area contributed by atoms with E-state index >= 15 is 0 Å². The van der Waals surface area contributed by atoms with Crippen LogP contribution in [0.15, 0.2) is 18.6 Å². The molecule has 0 aliphatic carbocycles. The van der Waals surface area contributed by atoms with Gasteiger partial charge in [0.2, 0.25) is 0 Å². The van der Waals surface area contributed by atoms with E-state index in [-0.39, 0.29) is 56.9 Å². The number of pyridine rings is 1. The molecule has 0 saturated heterocycles. The average molecular weight is 239 g/mol. The molecular weight excluding hydrogens is 233 g/mol. The van der Waals surface area contributed by atoms with E-state index < -0.39 is 12.4 Å². The van der Waals surface area contributed by atoms with Gasteiger partial charge in [0.25, 0.3) is 0 Å². The Morgan fingerprint density at radius 2 is 1.93 bits per heavy atom. The molecule has 0 amide bonds. The Morgan fingerprint density at radius 1 is 1.27 bits per heavy atom. The molecule has 0 N–H and O–H groups in total. The van der Waals surface area contributed by atoms with Crippen molar-refractivity contribution in [2.75, 3.05) is 0 Å². The number of rotatable bonds is 1. The van der Waals surface area contributed by atoms with Gasteiger partial charge >= 0.3 is 58.4 Å². The van der Waals surface area contributed by atoms with Crippen LogP contribution in [-0.2, 0) is 7.05 Å². The largest absolute Gasteiger partial charge is 1.00 e. The van der Waals surface area contributed by atoms with E-state index in [0.29, 0.717) is 5.65 Å². The van der Waals surface area contributed by atoms with E-state index in [1.54, 1.807) is 11.6 Å². The van der Waals surface area contributed by atoms with Crippen molar-refractivity contribution in [1.29, 1.82) is 0 Å². The number of hydrogen-bond acceptors (Lipinski definition) is 2. The van der Waals surface area contributed by atoms with Crippen LogP contribution in [0.2, 0.25) is 0 Å². The molecule has 2 aromatic heterocycles. The van der Waals surface area contributed by atoms with Crippen LogP contribution in [0.1, 0.15) is 0 Å². The summed E-state index contributed by atoms with van der Waals surface area (Å²) in [7, 11) is 1.68. The summed E-state index contributed by atoms with van der Waals surface area (Å²) in [6.07, 6.45) is 2.27. The molecule has 0 spiro atoms. The van der Waals surface area contributed by atoms with Crippen molar-refractivity contribution in [3.8, 4) is 0 Å². The predicted octanol–water partition coefficient (Wildman–Crippen LogP) is -1.97. The van der Waals surface area contributed by atoms with Crippen molar-refractivity contribution in [3.63, 3.8) is 0 Å². The van der Waals surface area contributed by atoms with E-state index in [2.05, 4.69) is 9.97 Å². The Morgan fingerprint density at radius 3 is 2.53 bits per heavy atom. The van der Waals surface area contributed by atoms with E-state index in [1.807, 2.05) is 0 Å². The van der Waals surface area contributed by atoms with Crippen LogP contribution in [0.3, 0.4) is 0 Å². The first kappa shape index (κ1) is 13.2. The maximum absolute atomic E-state index is 12.3. The molecular formula is C7H6BF3KN3. The molecule has 0 radical (unpaired) electrons. The standard InChI is InChI=1S/C7H6BF3N3.K/c1-14-4-13-6-2-5(8(9,10)11)3-12-7(6)14;/h2-4H,1H3;/q-1;+1. The summed E-state index contributed by atoms with van der Waals surface area (Å²) < 4.78 is 38.5. The van der Waals surface area contributed by atoms with Gasteiger partial charge in [-0.25, -0.2) is 9.97 Å². The molecule has 15 heavy (non-hydrogen) atoms. The molecule has 8 heteroatoms. The molecule has 0 bridgehead atoms. The van der Waals surface area contributed by atoms with E-state index in [1.165, 1.54) is 6.33 Å². The summed E-state index contributed by atoms with van der Waals surface area (Å²) in [6.45, 7) is -4.99. The van der Waals surface area contributed by atoms with Crippen LogP contribution >= 0.6 is 0 Å². The number of fused-ring (bicyclic) bond motifs is 1. The Labute approximate surface area is 127 Å². The molecule has 0 aliphatic heterocycles. The van der Waals surface area contributed by atoms with Gasteiger partial charge in [-0.05, 0) is 0 Å². The van der Waals surface area contributed by atoms with Gasteiger partial charge in [0.05, 0.1) is 6.33 Å². The number of aryl methyl sites for hydroxylation is 1. The van der Waals surface area contributed by atoms with Crippen molar-refractivity contribution in [1.82, 2.24) is 14.5 Å². The van der Waals surface area contributed by atoms with Crippen LogP contribution in [0.5, 0.6) is 0 Å². The second-order valence-corrected chi connectivity index (χ2v) is 3.04. The van der Waals surface area contributed by atoms with E-state index in [0.717, 1.165) is 12.3 Å². The van der Waals surface area contributed by atoms with Gasteiger partial charge in [0.15, 0.2) is 5.65 Å². The summed E-state index contributed by atoms with van der Waals surface area (Å²) in [6, 6.07) is 1.02. The van der Waals surface area contributed by atoms with Gasteiger partial charge in [-0.2, -0.15) is 0 Å². The quantitative estimate of drug-likeness (QED) is 0.540. The minimum atomic E-state index is -4.99. The predicted molar refractivity (Wildman–Crippen MR) is 47.2 cm³/mol. The van der Waals surface area contributed by atoms with Gasteiger partial charge in [0.1, 0.15) is 5.52 Å². The van der Waals surface area contributed by atoms with E-state index in [4.69, 9.17) is 0 Å². The molecule has 2 heterocycles. The van der Waals surface area contributed by atoms with Crippen LogP contribution in [0.4, 0.5) is 12.9 Å². The zero-order valence-electron chi connectivity index (χ0n) is 8.28. The Bertz CT molecular complexity index is 482. The molecule has 0 aliphatic rings. The van der Waals surface area contributed by atoms with Gasteiger partial charge in [-0.3, -0.25) is 0 Å².